The van der Waals surface area contributed by atoms with Crippen LogP contribution in [-0.4, -0.2) is 26.4 Å². The van der Waals surface area contributed by atoms with E-state index in [1.54, 1.807) is 23.5 Å². The summed E-state index contributed by atoms with van der Waals surface area (Å²) in [5, 5.41) is 12.2. The normalized spacial score (nSPS) is 13.3. The quantitative estimate of drug-likeness (QED) is 0.230. The van der Waals surface area contributed by atoms with Crippen LogP contribution in [0.4, 0.5) is 0 Å². The molecule has 2 heterocycles. The Morgan fingerprint density at radius 1 is 1.03 bits per heavy atom. The highest BCUT2D eigenvalue weighted by atomic mass is 32.1. The van der Waals surface area contributed by atoms with E-state index in [1.165, 1.54) is 4.88 Å². The number of hydrogen-bond donors (Lipinski definition) is 1. The molecule has 4 aromatic rings. The fourth-order valence-corrected chi connectivity index (χ4v) is 5.69. The van der Waals surface area contributed by atoms with E-state index in [9.17, 15) is 14.7 Å². The number of hydrogen-bond acceptors (Lipinski definition) is 4. The highest BCUT2D eigenvalue weighted by Gasteiger charge is 2.40. The third-order valence-electron chi connectivity index (χ3n) is 7.11. The zero-order valence-corrected chi connectivity index (χ0v) is 21.3. The molecule has 0 aliphatic heterocycles. The minimum Gasteiger partial charge on any atom is -0.481 e. The molecule has 1 N–H and O–H groups in total. The average molecular weight is 489 g/mol. The molecule has 0 fully saturated rings. The molecule has 1 unspecified atom stereocenters. The molecular weight excluding hydrogens is 456 g/mol. The molecule has 182 valence electrons. The maximum atomic E-state index is 13.4. The number of ketones is 1. The molecule has 35 heavy (non-hydrogen) atoms. The first-order valence-electron chi connectivity index (χ1n) is 12.3. The van der Waals surface area contributed by atoms with Gasteiger partial charge < -0.3 is 9.67 Å². The van der Waals surface area contributed by atoms with Crippen LogP contribution in [0, 0.1) is 0 Å². The third-order valence-corrected chi connectivity index (χ3v) is 7.98. The van der Waals surface area contributed by atoms with Crippen LogP contribution in [0.1, 0.15) is 79.1 Å². The summed E-state index contributed by atoms with van der Waals surface area (Å²) in [7, 11) is 0. The number of benzene rings is 2. The van der Waals surface area contributed by atoms with Gasteiger partial charge in [-0.05, 0) is 54.5 Å². The van der Waals surface area contributed by atoms with Crippen LogP contribution < -0.4 is 0 Å². The molecular formula is C29H32N2O3S. The number of carboxylic acids is 1. The summed E-state index contributed by atoms with van der Waals surface area (Å²) in [6, 6.07) is 19.2. The molecule has 2 aromatic heterocycles. The van der Waals surface area contributed by atoms with Gasteiger partial charge in [0.1, 0.15) is 5.82 Å². The van der Waals surface area contributed by atoms with E-state index in [-0.39, 0.29) is 12.2 Å². The van der Waals surface area contributed by atoms with Gasteiger partial charge in [0.15, 0.2) is 5.78 Å². The molecule has 0 aliphatic carbocycles. The second-order valence-electron chi connectivity index (χ2n) is 9.03. The van der Waals surface area contributed by atoms with Crippen molar-refractivity contribution in [3.63, 3.8) is 0 Å². The Morgan fingerprint density at radius 2 is 1.77 bits per heavy atom. The molecule has 0 bridgehead atoms. The Bertz CT molecular complexity index is 1310. The molecule has 0 aliphatic rings. The summed E-state index contributed by atoms with van der Waals surface area (Å²) in [5.74, 6) is -0.160. The van der Waals surface area contributed by atoms with Gasteiger partial charge in [-0.3, -0.25) is 9.59 Å². The van der Waals surface area contributed by atoms with Crippen molar-refractivity contribution in [2.75, 3.05) is 0 Å². The molecule has 5 nitrogen and oxygen atoms in total. The minimum atomic E-state index is -1.26. The van der Waals surface area contributed by atoms with E-state index < -0.39 is 11.4 Å². The number of aliphatic carboxylic acids is 1. The summed E-state index contributed by atoms with van der Waals surface area (Å²) in [6.07, 6.45) is 2.97. The van der Waals surface area contributed by atoms with Gasteiger partial charge in [0, 0.05) is 29.3 Å². The summed E-state index contributed by atoms with van der Waals surface area (Å²) < 4.78 is 2.32. The molecule has 0 saturated carbocycles. The van der Waals surface area contributed by atoms with Crippen molar-refractivity contribution >= 4 is 34.1 Å². The van der Waals surface area contributed by atoms with Crippen LogP contribution in [-0.2, 0) is 16.6 Å². The number of aromatic nitrogens is 2. The van der Waals surface area contributed by atoms with Crippen molar-refractivity contribution in [2.24, 2.45) is 0 Å². The van der Waals surface area contributed by atoms with Gasteiger partial charge in [-0.1, -0.05) is 57.2 Å². The fraction of sp³-hybridized carbons (Fsp3) is 0.345. The van der Waals surface area contributed by atoms with Gasteiger partial charge in [0.05, 0.1) is 16.4 Å². The molecule has 4 rings (SSSR count). The van der Waals surface area contributed by atoms with E-state index in [0.29, 0.717) is 23.6 Å². The number of thiophene rings is 1. The van der Waals surface area contributed by atoms with Crippen LogP contribution in [0.15, 0.2) is 66.0 Å². The predicted octanol–water partition coefficient (Wildman–Crippen LogP) is 7.06. The van der Waals surface area contributed by atoms with Crippen molar-refractivity contribution in [1.82, 2.24) is 9.55 Å². The average Bonchev–Trinajstić information content (AvgIpc) is 3.51. The lowest BCUT2D eigenvalue weighted by molar-refractivity contribution is -0.144. The van der Waals surface area contributed by atoms with Crippen LogP contribution >= 0.6 is 11.3 Å². The van der Waals surface area contributed by atoms with Gasteiger partial charge in [-0.2, -0.15) is 0 Å². The summed E-state index contributed by atoms with van der Waals surface area (Å²) in [4.78, 5) is 32.1. The Labute approximate surface area is 210 Å². The lowest BCUT2D eigenvalue weighted by Crippen LogP contribution is -2.37. The number of carbonyl (C=O) groups is 2. The summed E-state index contributed by atoms with van der Waals surface area (Å²) in [6.45, 7) is 6.20. The third kappa shape index (κ3) is 4.80. The summed E-state index contributed by atoms with van der Waals surface area (Å²) in [5.41, 5.74) is 1.70. The van der Waals surface area contributed by atoms with Crippen molar-refractivity contribution in [3.05, 3.63) is 87.9 Å². The maximum absolute atomic E-state index is 13.4. The largest absolute Gasteiger partial charge is 0.481 e. The minimum absolute atomic E-state index is 0.0936. The Hall–Kier alpha value is -3.25. The lowest BCUT2D eigenvalue weighted by atomic mass is 9.73. The highest BCUT2D eigenvalue weighted by Crippen LogP contribution is 2.34. The Kier molecular flexibility index (Phi) is 7.51. The molecule has 1 atom stereocenters. The first-order chi connectivity index (χ1) is 16.9. The SMILES string of the molecule is CCC(CC)n1c(Cc2cccs2)nc2cc(C(=O)CC(CC)(C(=O)O)c3ccccc3)ccc21. The van der Waals surface area contributed by atoms with E-state index in [0.717, 1.165) is 36.1 Å². The van der Waals surface area contributed by atoms with Crippen molar-refractivity contribution < 1.29 is 14.7 Å². The second-order valence-corrected chi connectivity index (χ2v) is 10.1. The van der Waals surface area contributed by atoms with E-state index in [4.69, 9.17) is 4.98 Å². The van der Waals surface area contributed by atoms with E-state index in [1.807, 2.05) is 43.3 Å². The smallest absolute Gasteiger partial charge is 0.314 e. The predicted molar refractivity (Wildman–Crippen MR) is 141 cm³/mol. The number of carbonyl (C=O) groups excluding carboxylic acids is 1. The number of nitrogens with zero attached hydrogens (tertiary/aromatic N) is 2. The molecule has 0 amide bonds. The molecule has 6 heteroatoms. The van der Waals surface area contributed by atoms with Gasteiger partial charge in [-0.25, -0.2) is 4.98 Å². The van der Waals surface area contributed by atoms with E-state index in [2.05, 4.69) is 35.9 Å². The van der Waals surface area contributed by atoms with Crippen LogP contribution in [0.25, 0.3) is 11.0 Å². The topological polar surface area (TPSA) is 72.2 Å². The number of fused-ring (bicyclic) bond motifs is 1. The van der Waals surface area contributed by atoms with Crippen LogP contribution in [0.2, 0.25) is 0 Å². The van der Waals surface area contributed by atoms with Crippen molar-refractivity contribution in [2.45, 2.75) is 64.3 Å². The first kappa shape index (κ1) is 24.9. The number of Topliss-reactive ketones (excluding diaryl/α,β-unsaturated/α-hetero) is 1. The molecule has 0 saturated heterocycles. The zero-order chi connectivity index (χ0) is 25.0. The number of imidazole rings is 1. The molecule has 2 aromatic carbocycles. The Balaban J connectivity index is 1.73. The van der Waals surface area contributed by atoms with Crippen molar-refractivity contribution in [3.8, 4) is 0 Å². The van der Waals surface area contributed by atoms with E-state index >= 15 is 0 Å². The zero-order valence-electron chi connectivity index (χ0n) is 20.5. The van der Waals surface area contributed by atoms with Gasteiger partial charge >= 0.3 is 5.97 Å². The van der Waals surface area contributed by atoms with Crippen molar-refractivity contribution in [1.29, 1.82) is 0 Å². The maximum Gasteiger partial charge on any atom is 0.314 e. The number of rotatable bonds is 11. The molecule has 0 spiro atoms. The number of carboxylic acid groups (broad SMARTS) is 1. The fourth-order valence-electron chi connectivity index (χ4n) is 4.99. The van der Waals surface area contributed by atoms with Gasteiger partial charge in [0.2, 0.25) is 0 Å². The van der Waals surface area contributed by atoms with Gasteiger partial charge in [0.25, 0.3) is 0 Å². The Morgan fingerprint density at radius 3 is 2.37 bits per heavy atom. The summed E-state index contributed by atoms with van der Waals surface area (Å²) >= 11 is 1.72. The lowest BCUT2D eigenvalue weighted by Gasteiger charge is -2.28. The van der Waals surface area contributed by atoms with Crippen LogP contribution in [0.5, 0.6) is 0 Å². The standard InChI is InChI=1S/C29H32N2O3S/c1-4-22(5-2)31-25-15-14-20(17-24(25)30-27(31)18-23-13-10-16-35-23)26(32)19-29(6-3,28(33)34)21-11-8-7-9-12-21/h7-17,22H,4-6,18-19H2,1-3H3,(H,33,34). The monoisotopic (exact) mass is 488 g/mol. The highest BCUT2D eigenvalue weighted by molar-refractivity contribution is 7.09. The molecule has 0 radical (unpaired) electrons. The first-order valence-corrected chi connectivity index (χ1v) is 13.2. The van der Waals surface area contributed by atoms with Crippen LogP contribution in [0.3, 0.4) is 0 Å². The van der Waals surface area contributed by atoms with Gasteiger partial charge in [-0.15, -0.1) is 11.3 Å². The second kappa shape index (κ2) is 10.6.